The van der Waals surface area contributed by atoms with Gasteiger partial charge >= 0.3 is 5.97 Å². The van der Waals surface area contributed by atoms with Crippen LogP contribution >= 0.6 is 0 Å². The number of hydrogen-bond donors (Lipinski definition) is 0. The minimum atomic E-state index is -1.65. The summed E-state index contributed by atoms with van der Waals surface area (Å²) < 4.78 is 10.8. The summed E-state index contributed by atoms with van der Waals surface area (Å²) in [5, 5.41) is 0.258. The van der Waals surface area contributed by atoms with Crippen LogP contribution in [0, 0.1) is 0 Å². The van der Waals surface area contributed by atoms with E-state index in [1.54, 1.807) is 0 Å². The van der Waals surface area contributed by atoms with Crippen LogP contribution in [-0.2, 0) is 14.0 Å². The highest BCUT2D eigenvalue weighted by molar-refractivity contribution is 6.74. The predicted octanol–water partition coefficient (Wildman–Crippen LogP) is 5.63. The van der Waals surface area contributed by atoms with Crippen LogP contribution in [0.25, 0.3) is 0 Å². The minimum absolute atomic E-state index is 0.142. The topological polar surface area (TPSA) is 35.5 Å². The first kappa shape index (κ1) is 22.1. The number of carbonyl (C=O) groups excluding carboxylic acids is 1. The molecule has 134 valence electrons. The third-order valence-electron chi connectivity index (χ3n) is 4.66. The average molecular weight is 341 g/mol. The summed E-state index contributed by atoms with van der Waals surface area (Å²) in [5.74, 6) is -0.142. The summed E-state index contributed by atoms with van der Waals surface area (Å²) in [6, 6.07) is 0. The second-order valence-corrected chi connectivity index (χ2v) is 12.6. The Balaban J connectivity index is 4.15. The molecule has 0 heterocycles. The molecule has 0 aliphatic rings. The standard InChI is InChI=1S/C19H36O3Si/c1-16(12-13-18(20)21-6)10-9-11-17(2)14-15-22-23(7,8)19(3,4)5/h10,14H,9,11-13,15H2,1-8H3/b16-10+,17-14+. The van der Waals surface area contributed by atoms with Gasteiger partial charge in [-0.1, -0.05) is 44.1 Å². The maximum atomic E-state index is 11.1. The van der Waals surface area contributed by atoms with Crippen molar-refractivity contribution in [1.82, 2.24) is 0 Å². The van der Waals surface area contributed by atoms with Crippen molar-refractivity contribution in [2.24, 2.45) is 0 Å². The zero-order valence-electron chi connectivity index (χ0n) is 16.4. The SMILES string of the molecule is COC(=O)CC/C(C)=C/CC/C(C)=C/CO[Si](C)(C)C(C)(C)C. The zero-order valence-corrected chi connectivity index (χ0v) is 17.4. The summed E-state index contributed by atoms with van der Waals surface area (Å²) in [6.07, 6.45) is 7.72. The molecule has 0 spiro atoms. The summed E-state index contributed by atoms with van der Waals surface area (Å²) in [7, 11) is -0.214. The van der Waals surface area contributed by atoms with Gasteiger partial charge in [-0.25, -0.2) is 0 Å². The van der Waals surface area contributed by atoms with Gasteiger partial charge in [0.15, 0.2) is 8.32 Å². The fraction of sp³-hybridized carbons (Fsp3) is 0.737. The van der Waals surface area contributed by atoms with E-state index in [1.165, 1.54) is 18.3 Å². The monoisotopic (exact) mass is 340 g/mol. The van der Waals surface area contributed by atoms with E-state index in [0.29, 0.717) is 13.0 Å². The first-order chi connectivity index (χ1) is 10.5. The highest BCUT2D eigenvalue weighted by Crippen LogP contribution is 2.36. The Morgan fingerprint density at radius 3 is 2.09 bits per heavy atom. The van der Waals surface area contributed by atoms with Gasteiger partial charge in [-0.2, -0.15) is 0 Å². The van der Waals surface area contributed by atoms with Crippen LogP contribution in [-0.4, -0.2) is 28.0 Å². The summed E-state index contributed by atoms with van der Waals surface area (Å²) >= 11 is 0. The number of esters is 1. The van der Waals surface area contributed by atoms with Gasteiger partial charge in [0.1, 0.15) is 0 Å². The number of methoxy groups -OCH3 is 1. The Bertz CT molecular complexity index is 428. The number of ether oxygens (including phenoxy) is 1. The van der Waals surface area contributed by atoms with Crippen molar-refractivity contribution in [2.45, 2.75) is 78.4 Å². The zero-order chi connectivity index (χ0) is 18.1. The van der Waals surface area contributed by atoms with Crippen molar-refractivity contribution in [1.29, 1.82) is 0 Å². The van der Waals surface area contributed by atoms with Gasteiger partial charge in [0.2, 0.25) is 0 Å². The molecule has 0 aliphatic carbocycles. The summed E-state index contributed by atoms with van der Waals surface area (Å²) in [5.41, 5.74) is 2.61. The van der Waals surface area contributed by atoms with Gasteiger partial charge in [0.05, 0.1) is 13.7 Å². The Morgan fingerprint density at radius 1 is 1.00 bits per heavy atom. The van der Waals surface area contributed by atoms with E-state index in [2.05, 4.69) is 64.6 Å². The van der Waals surface area contributed by atoms with Crippen LogP contribution in [0.5, 0.6) is 0 Å². The van der Waals surface area contributed by atoms with E-state index in [-0.39, 0.29) is 11.0 Å². The number of allylic oxidation sites excluding steroid dienone is 3. The molecular weight excluding hydrogens is 304 g/mol. The van der Waals surface area contributed by atoms with E-state index in [0.717, 1.165) is 19.3 Å². The number of hydrogen-bond acceptors (Lipinski definition) is 3. The van der Waals surface area contributed by atoms with Gasteiger partial charge in [0.25, 0.3) is 0 Å². The largest absolute Gasteiger partial charge is 0.469 e. The van der Waals surface area contributed by atoms with Crippen molar-refractivity contribution in [3.63, 3.8) is 0 Å². The lowest BCUT2D eigenvalue weighted by molar-refractivity contribution is -0.140. The molecule has 0 atom stereocenters. The molecule has 0 bridgehead atoms. The first-order valence-corrected chi connectivity index (χ1v) is 11.4. The normalized spacial score (nSPS) is 14.1. The van der Waals surface area contributed by atoms with Crippen LogP contribution in [0.15, 0.2) is 23.3 Å². The third-order valence-corrected chi connectivity index (χ3v) is 9.17. The van der Waals surface area contributed by atoms with E-state index >= 15 is 0 Å². The van der Waals surface area contributed by atoms with Gasteiger partial charge in [-0.05, 0) is 51.2 Å². The second kappa shape index (κ2) is 10.1. The van der Waals surface area contributed by atoms with Crippen LogP contribution in [0.4, 0.5) is 0 Å². The van der Waals surface area contributed by atoms with Crippen LogP contribution < -0.4 is 0 Å². The van der Waals surface area contributed by atoms with Crippen molar-refractivity contribution in [2.75, 3.05) is 13.7 Å². The minimum Gasteiger partial charge on any atom is -0.469 e. The van der Waals surface area contributed by atoms with E-state index in [1.807, 2.05) is 0 Å². The summed E-state index contributed by atoms with van der Waals surface area (Å²) in [6.45, 7) is 16.3. The van der Waals surface area contributed by atoms with Gasteiger partial charge in [-0.15, -0.1) is 0 Å². The molecule has 0 saturated heterocycles. The molecule has 0 unspecified atom stereocenters. The molecule has 23 heavy (non-hydrogen) atoms. The maximum Gasteiger partial charge on any atom is 0.305 e. The Labute approximate surface area is 144 Å². The molecule has 0 rings (SSSR count). The van der Waals surface area contributed by atoms with Gasteiger partial charge in [0, 0.05) is 6.42 Å². The molecule has 0 aromatic rings. The van der Waals surface area contributed by atoms with Crippen LogP contribution in [0.1, 0.15) is 60.3 Å². The molecule has 3 nitrogen and oxygen atoms in total. The van der Waals surface area contributed by atoms with Crippen molar-refractivity contribution < 1.29 is 14.0 Å². The molecule has 0 amide bonds. The third kappa shape index (κ3) is 9.77. The highest BCUT2D eigenvalue weighted by atomic mass is 28.4. The van der Waals surface area contributed by atoms with Crippen molar-refractivity contribution >= 4 is 14.3 Å². The highest BCUT2D eigenvalue weighted by Gasteiger charge is 2.36. The lowest BCUT2D eigenvalue weighted by atomic mass is 10.1. The van der Waals surface area contributed by atoms with E-state index in [4.69, 9.17) is 4.43 Å². The second-order valence-electron chi connectivity index (χ2n) is 7.79. The first-order valence-electron chi connectivity index (χ1n) is 8.51. The molecule has 4 heteroatoms. The van der Waals surface area contributed by atoms with Crippen LogP contribution in [0.2, 0.25) is 18.1 Å². The Hall–Kier alpha value is -0.873. The fourth-order valence-corrected chi connectivity index (χ4v) is 2.69. The van der Waals surface area contributed by atoms with Gasteiger partial charge < -0.3 is 9.16 Å². The molecule has 0 saturated carbocycles. The molecule has 0 aromatic heterocycles. The fourth-order valence-electron chi connectivity index (χ4n) is 1.76. The van der Waals surface area contributed by atoms with Crippen molar-refractivity contribution in [3.05, 3.63) is 23.3 Å². The van der Waals surface area contributed by atoms with Crippen molar-refractivity contribution in [3.8, 4) is 0 Å². The molecular formula is C19H36O3Si. The Morgan fingerprint density at radius 2 is 1.57 bits per heavy atom. The number of carbonyl (C=O) groups is 1. The molecule has 0 aliphatic heterocycles. The average Bonchev–Trinajstić information content (AvgIpc) is 2.43. The smallest absolute Gasteiger partial charge is 0.305 e. The Kier molecular flexibility index (Phi) is 9.70. The quantitative estimate of drug-likeness (QED) is 0.310. The molecule has 0 radical (unpaired) electrons. The molecule has 0 N–H and O–H groups in total. The molecule has 0 fully saturated rings. The van der Waals surface area contributed by atoms with Crippen LogP contribution in [0.3, 0.4) is 0 Å². The lowest BCUT2D eigenvalue weighted by Crippen LogP contribution is -2.40. The number of rotatable bonds is 9. The summed E-state index contributed by atoms with van der Waals surface area (Å²) in [4.78, 5) is 11.1. The van der Waals surface area contributed by atoms with Gasteiger partial charge in [-0.3, -0.25) is 4.79 Å². The van der Waals surface area contributed by atoms with E-state index < -0.39 is 8.32 Å². The lowest BCUT2D eigenvalue weighted by Gasteiger charge is -2.35. The van der Waals surface area contributed by atoms with E-state index in [9.17, 15) is 4.79 Å². The predicted molar refractivity (Wildman–Crippen MR) is 101 cm³/mol. The molecule has 0 aromatic carbocycles. The maximum absolute atomic E-state index is 11.1.